The summed E-state index contributed by atoms with van der Waals surface area (Å²) in [4.78, 5) is 0. The summed E-state index contributed by atoms with van der Waals surface area (Å²) in [6, 6.07) is 90.1. The smallest absolute Gasteiger partial charge is 0.0721 e. The first-order valence-corrected chi connectivity index (χ1v) is 27.9. The quantitative estimate of drug-likeness (QED) is 0.125. The average Bonchev–Trinajstić information content (AvgIpc) is 3.51. The number of rotatable bonds is 11. The van der Waals surface area contributed by atoms with Crippen LogP contribution in [0.25, 0.3) is 67.4 Å². The Kier molecular flexibility index (Phi) is 22.3. The molecule has 0 amide bonds. The molecule has 0 bridgehead atoms. The molecule has 0 saturated carbocycles. The van der Waals surface area contributed by atoms with E-state index in [-0.39, 0.29) is 0 Å². The molecule has 11 aromatic rings. The highest BCUT2D eigenvalue weighted by atomic mass is 16.5. The number of hydrogen-bond donors (Lipinski definition) is 0. The first-order valence-electron chi connectivity index (χ1n) is 27.9. The summed E-state index contributed by atoms with van der Waals surface area (Å²) < 4.78 is 5.81. The van der Waals surface area contributed by atoms with Crippen LogP contribution in [0.4, 0.5) is 0 Å². The predicted molar refractivity (Wildman–Crippen MR) is 349 cm³/mol. The molecule has 0 N–H and O–H groups in total. The molecule has 0 aromatic heterocycles. The molecule has 0 saturated heterocycles. The molecule has 1 nitrogen and oxygen atoms in total. The van der Waals surface area contributed by atoms with Crippen molar-refractivity contribution in [1.29, 1.82) is 0 Å². The lowest BCUT2D eigenvalue weighted by atomic mass is 9.93. The normalized spacial score (nSPS) is 10.3. The van der Waals surface area contributed by atoms with E-state index in [1.54, 1.807) is 0 Å². The van der Waals surface area contributed by atoms with Crippen LogP contribution in [0.5, 0.6) is 0 Å². The second-order valence-electron chi connectivity index (χ2n) is 20.5. The van der Waals surface area contributed by atoms with Gasteiger partial charge in [0, 0.05) is 0 Å². The minimum Gasteiger partial charge on any atom is -0.372 e. The molecule has 1 heteroatoms. The third kappa shape index (κ3) is 17.8. The van der Waals surface area contributed by atoms with Crippen LogP contribution in [-0.4, -0.2) is 0 Å². The zero-order chi connectivity index (χ0) is 56.6. The van der Waals surface area contributed by atoms with E-state index in [4.69, 9.17) is 4.74 Å². The van der Waals surface area contributed by atoms with Crippen LogP contribution >= 0.6 is 0 Å². The van der Waals surface area contributed by atoms with Crippen LogP contribution in [0, 0.1) is 48.5 Å². The standard InChI is InChI=1S/C23H22O.C21H20.C14H14.C11H10.C10H12/c1-3-19-6-8-20(9-7-19)16-24-17-21-10-14-23(15-11-21)22-12-4-18(2)5-13-22;1-15-8-11-18(12-9-15)19-13-10-17(3)21(14-19)20-7-5-4-6-16(20)2;1-11-3-7-13(8-4-11)14-9-5-12(2)6-10-14;1-9-5-4-7-10-6-2-3-8-11(9)10;1-3-9-5-7-10(4-2)8-6-9/h3-15H,1,16-17H2,2H3;4-14H,1-3H3;3-10H,1-2H3;2-8H,1H3;3,5-8H,1,4H2,2H3. The van der Waals surface area contributed by atoms with Gasteiger partial charge in [0.05, 0.1) is 13.2 Å². The molecule has 0 unspecified atom stereocenters. The molecule has 0 spiro atoms. The van der Waals surface area contributed by atoms with E-state index in [0.29, 0.717) is 13.2 Å². The largest absolute Gasteiger partial charge is 0.372 e. The summed E-state index contributed by atoms with van der Waals surface area (Å²) >= 11 is 0. The Morgan fingerprint density at radius 2 is 0.662 bits per heavy atom. The molecule has 11 rings (SSSR count). The number of hydrogen-bond acceptors (Lipinski definition) is 1. The second kappa shape index (κ2) is 30.3. The first-order chi connectivity index (χ1) is 38.9. The Bertz CT molecular complexity index is 3590. The average molecular weight is 1040 g/mol. The molecule has 0 fully saturated rings. The van der Waals surface area contributed by atoms with Crippen LogP contribution < -0.4 is 0 Å². The van der Waals surface area contributed by atoms with E-state index in [2.05, 4.69) is 323 Å². The molecule has 400 valence electrons. The zero-order valence-corrected chi connectivity index (χ0v) is 48.3. The summed E-state index contributed by atoms with van der Waals surface area (Å²) in [6.07, 6.45) is 4.82. The lowest BCUT2D eigenvalue weighted by Crippen LogP contribution is -1.94. The van der Waals surface area contributed by atoms with Crippen molar-refractivity contribution in [3.63, 3.8) is 0 Å². The lowest BCUT2D eigenvalue weighted by molar-refractivity contribution is 0.107. The van der Waals surface area contributed by atoms with Crippen molar-refractivity contribution in [2.24, 2.45) is 0 Å². The highest BCUT2D eigenvalue weighted by molar-refractivity contribution is 5.85. The van der Waals surface area contributed by atoms with Gasteiger partial charge in [0.2, 0.25) is 0 Å². The van der Waals surface area contributed by atoms with E-state index in [0.717, 1.165) is 12.0 Å². The molecule has 0 aliphatic rings. The summed E-state index contributed by atoms with van der Waals surface area (Å²) in [5, 5.41) is 2.68. The summed E-state index contributed by atoms with van der Waals surface area (Å²) in [6.45, 7) is 25.8. The van der Waals surface area contributed by atoms with Gasteiger partial charge in [-0.25, -0.2) is 0 Å². The second-order valence-corrected chi connectivity index (χ2v) is 20.5. The summed E-state index contributed by atoms with van der Waals surface area (Å²) in [5.41, 5.74) is 25.5. The fraction of sp³-hybridized carbons (Fsp3) is 0.139. The Hall–Kier alpha value is -8.88. The maximum Gasteiger partial charge on any atom is 0.0721 e. The van der Waals surface area contributed by atoms with E-state index in [9.17, 15) is 0 Å². The van der Waals surface area contributed by atoms with Crippen molar-refractivity contribution < 1.29 is 4.74 Å². The lowest BCUT2D eigenvalue weighted by Gasteiger charge is -2.12. The molecule has 0 heterocycles. The van der Waals surface area contributed by atoms with Gasteiger partial charge in [-0.15, -0.1) is 0 Å². The van der Waals surface area contributed by atoms with Crippen molar-refractivity contribution in [1.82, 2.24) is 0 Å². The van der Waals surface area contributed by atoms with E-state index >= 15 is 0 Å². The number of benzene rings is 11. The van der Waals surface area contributed by atoms with Gasteiger partial charge >= 0.3 is 0 Å². The predicted octanol–water partition coefficient (Wildman–Crippen LogP) is 22.0. The molecule has 0 atom stereocenters. The third-order valence-electron chi connectivity index (χ3n) is 14.2. The molecule has 11 aromatic carbocycles. The monoisotopic (exact) mass is 1040 g/mol. The fourth-order valence-electron chi connectivity index (χ4n) is 9.06. The summed E-state index contributed by atoms with van der Waals surface area (Å²) in [5.74, 6) is 0. The molecule has 80 heavy (non-hydrogen) atoms. The van der Waals surface area contributed by atoms with Crippen LogP contribution in [0.3, 0.4) is 0 Å². The molecule has 0 aliphatic carbocycles. The van der Waals surface area contributed by atoms with Gasteiger partial charge in [-0.05, 0) is 161 Å². The van der Waals surface area contributed by atoms with Gasteiger partial charge in [0.15, 0.2) is 0 Å². The van der Waals surface area contributed by atoms with Gasteiger partial charge in [-0.1, -0.05) is 303 Å². The van der Waals surface area contributed by atoms with Gasteiger partial charge in [-0.3, -0.25) is 0 Å². The van der Waals surface area contributed by atoms with Crippen molar-refractivity contribution in [2.75, 3.05) is 0 Å². The molecule has 0 radical (unpaired) electrons. The Balaban J connectivity index is 0.000000150. The fourth-order valence-corrected chi connectivity index (χ4v) is 9.06. The van der Waals surface area contributed by atoms with Gasteiger partial charge in [0.1, 0.15) is 0 Å². The van der Waals surface area contributed by atoms with Crippen LogP contribution in [-0.2, 0) is 24.4 Å². The first kappa shape index (κ1) is 58.8. The third-order valence-corrected chi connectivity index (χ3v) is 14.2. The van der Waals surface area contributed by atoms with Gasteiger partial charge in [-0.2, -0.15) is 0 Å². The van der Waals surface area contributed by atoms with Crippen LogP contribution in [0.1, 0.15) is 73.7 Å². The topological polar surface area (TPSA) is 9.23 Å². The number of aryl methyl sites for hydroxylation is 8. The number of fused-ring (bicyclic) bond motifs is 1. The SMILES string of the molecule is C=Cc1ccc(CC)cc1.C=Cc1ccc(COCc2ccc(-c3ccc(C)cc3)cc2)cc1.Cc1ccc(-c2ccc(C)c(-c3ccccc3C)c2)cc1.Cc1ccc(-c2ccc(C)cc2)cc1.Cc1cccc2ccccc12. The van der Waals surface area contributed by atoms with Crippen molar-refractivity contribution in [3.8, 4) is 44.5 Å². The maximum atomic E-state index is 5.81. The van der Waals surface area contributed by atoms with Crippen LogP contribution in [0.2, 0.25) is 0 Å². The molecule has 0 aliphatic heterocycles. The Morgan fingerprint density at radius 1 is 0.312 bits per heavy atom. The zero-order valence-electron chi connectivity index (χ0n) is 48.3. The Morgan fingerprint density at radius 3 is 1.10 bits per heavy atom. The minimum atomic E-state index is 0.622. The van der Waals surface area contributed by atoms with E-state index < -0.39 is 0 Å². The Labute approximate surface area is 479 Å². The van der Waals surface area contributed by atoms with Crippen LogP contribution in [0.15, 0.2) is 268 Å². The van der Waals surface area contributed by atoms with E-state index in [1.807, 2.05) is 12.2 Å². The highest BCUT2D eigenvalue weighted by Crippen LogP contribution is 2.32. The summed E-state index contributed by atoms with van der Waals surface area (Å²) in [7, 11) is 0. The van der Waals surface area contributed by atoms with Gasteiger partial charge < -0.3 is 4.74 Å². The highest BCUT2D eigenvalue weighted by Gasteiger charge is 2.08. The van der Waals surface area contributed by atoms with Gasteiger partial charge in [0.25, 0.3) is 0 Å². The number of ether oxygens (including phenoxy) is 1. The molecular weight excluding hydrogens is 965 g/mol. The van der Waals surface area contributed by atoms with E-state index in [1.165, 1.54) is 116 Å². The molecular formula is C79H78O. The van der Waals surface area contributed by atoms with Crippen molar-refractivity contribution in [2.45, 2.75) is 75.0 Å². The van der Waals surface area contributed by atoms with Crippen molar-refractivity contribution in [3.05, 3.63) is 335 Å². The maximum absolute atomic E-state index is 5.81. The van der Waals surface area contributed by atoms with Crippen molar-refractivity contribution >= 4 is 22.9 Å². The minimum absolute atomic E-state index is 0.622.